The average molecular weight is 358 g/mol. The van der Waals surface area contributed by atoms with Gasteiger partial charge in [0.1, 0.15) is 6.10 Å². The standard InChI is InChI=1S/C16H24BrNO3/c1-4-20-15-8-12(9-18-13-5-6-13)7-14(17)16(15)21-11(3)10(2)19/h7-8,10-11,13,18-19H,4-6,9H2,1-3H3. The average Bonchev–Trinajstić information content (AvgIpc) is 3.24. The fourth-order valence-corrected chi connectivity index (χ4v) is 2.52. The number of rotatable bonds is 8. The Morgan fingerprint density at radius 2 is 2.10 bits per heavy atom. The molecule has 118 valence electrons. The summed E-state index contributed by atoms with van der Waals surface area (Å²) in [5.74, 6) is 1.37. The number of aliphatic hydroxyl groups is 1. The van der Waals surface area contributed by atoms with Gasteiger partial charge in [-0.25, -0.2) is 0 Å². The van der Waals surface area contributed by atoms with Crippen molar-refractivity contribution in [3.05, 3.63) is 22.2 Å². The third kappa shape index (κ3) is 4.87. The highest BCUT2D eigenvalue weighted by Gasteiger charge is 2.21. The lowest BCUT2D eigenvalue weighted by atomic mass is 10.2. The maximum Gasteiger partial charge on any atom is 0.175 e. The monoisotopic (exact) mass is 357 g/mol. The minimum absolute atomic E-state index is 0.295. The van der Waals surface area contributed by atoms with E-state index in [1.807, 2.05) is 26.0 Å². The molecule has 2 rings (SSSR count). The van der Waals surface area contributed by atoms with E-state index in [0.29, 0.717) is 24.1 Å². The topological polar surface area (TPSA) is 50.7 Å². The van der Waals surface area contributed by atoms with Crippen LogP contribution in [-0.2, 0) is 6.54 Å². The van der Waals surface area contributed by atoms with Crippen LogP contribution in [0.3, 0.4) is 0 Å². The van der Waals surface area contributed by atoms with Crippen LogP contribution in [0, 0.1) is 0 Å². The summed E-state index contributed by atoms with van der Waals surface area (Å²) in [5, 5.41) is 13.1. The minimum atomic E-state index is -0.539. The summed E-state index contributed by atoms with van der Waals surface area (Å²) in [5.41, 5.74) is 1.16. The SMILES string of the molecule is CCOc1cc(CNC2CC2)cc(Br)c1OC(C)C(C)O. The van der Waals surface area contributed by atoms with E-state index in [0.717, 1.165) is 16.6 Å². The highest BCUT2D eigenvalue weighted by molar-refractivity contribution is 9.10. The summed E-state index contributed by atoms with van der Waals surface area (Å²) >= 11 is 3.55. The normalized spacial score (nSPS) is 17.4. The van der Waals surface area contributed by atoms with Crippen molar-refractivity contribution < 1.29 is 14.6 Å². The predicted octanol–water partition coefficient (Wildman–Crippen LogP) is 3.25. The quantitative estimate of drug-likeness (QED) is 0.749. The van der Waals surface area contributed by atoms with Crippen LogP contribution in [0.5, 0.6) is 11.5 Å². The van der Waals surface area contributed by atoms with Crippen LogP contribution >= 0.6 is 15.9 Å². The number of ether oxygens (including phenoxy) is 2. The zero-order valence-corrected chi connectivity index (χ0v) is 14.4. The molecule has 0 bridgehead atoms. The van der Waals surface area contributed by atoms with Crippen LogP contribution in [0.15, 0.2) is 16.6 Å². The Hall–Kier alpha value is -0.780. The number of aliphatic hydroxyl groups excluding tert-OH is 1. The molecule has 0 radical (unpaired) electrons. The largest absolute Gasteiger partial charge is 0.490 e. The van der Waals surface area contributed by atoms with Crippen LogP contribution < -0.4 is 14.8 Å². The molecule has 1 aromatic carbocycles. The second-order valence-electron chi connectivity index (χ2n) is 5.56. The van der Waals surface area contributed by atoms with Gasteiger partial charge in [0.25, 0.3) is 0 Å². The lowest BCUT2D eigenvalue weighted by molar-refractivity contribution is 0.0577. The van der Waals surface area contributed by atoms with Crippen LogP contribution in [0.25, 0.3) is 0 Å². The maximum atomic E-state index is 9.61. The zero-order chi connectivity index (χ0) is 15.4. The Balaban J connectivity index is 2.16. The van der Waals surface area contributed by atoms with Gasteiger partial charge in [-0.1, -0.05) is 0 Å². The lowest BCUT2D eigenvalue weighted by Gasteiger charge is -2.21. The van der Waals surface area contributed by atoms with Gasteiger partial charge in [-0.05, 0) is 67.2 Å². The number of hydrogen-bond donors (Lipinski definition) is 2. The van der Waals surface area contributed by atoms with Crippen LogP contribution in [0.1, 0.15) is 39.2 Å². The first-order valence-corrected chi connectivity index (χ1v) is 8.33. The molecule has 0 amide bonds. The van der Waals surface area contributed by atoms with Gasteiger partial charge in [-0.2, -0.15) is 0 Å². The van der Waals surface area contributed by atoms with Crippen molar-refractivity contribution in [1.82, 2.24) is 5.32 Å². The molecular formula is C16H24BrNO3. The highest BCUT2D eigenvalue weighted by Crippen LogP contribution is 2.38. The van der Waals surface area contributed by atoms with E-state index >= 15 is 0 Å². The number of nitrogens with one attached hydrogen (secondary N) is 1. The van der Waals surface area contributed by atoms with Gasteiger partial charge in [0.2, 0.25) is 0 Å². The molecule has 0 saturated heterocycles. The first-order chi connectivity index (χ1) is 10.0. The minimum Gasteiger partial charge on any atom is -0.490 e. The van der Waals surface area contributed by atoms with Gasteiger partial charge in [0, 0.05) is 12.6 Å². The molecule has 2 atom stereocenters. The van der Waals surface area contributed by atoms with Crippen LogP contribution in [0.4, 0.5) is 0 Å². The fraction of sp³-hybridized carbons (Fsp3) is 0.625. The molecule has 0 spiro atoms. The molecule has 4 nitrogen and oxygen atoms in total. The smallest absolute Gasteiger partial charge is 0.175 e. The van der Waals surface area contributed by atoms with Gasteiger partial charge < -0.3 is 19.9 Å². The van der Waals surface area contributed by atoms with Crippen molar-refractivity contribution >= 4 is 15.9 Å². The summed E-state index contributed by atoms with van der Waals surface area (Å²) < 4.78 is 12.4. The Kier molecular flexibility index (Phi) is 5.90. The summed E-state index contributed by atoms with van der Waals surface area (Å²) in [6.07, 6.45) is 1.71. The van der Waals surface area contributed by atoms with E-state index in [1.165, 1.54) is 12.8 Å². The molecule has 1 aliphatic carbocycles. The van der Waals surface area contributed by atoms with Crippen LogP contribution in [-0.4, -0.2) is 30.0 Å². The van der Waals surface area contributed by atoms with E-state index in [2.05, 4.69) is 21.2 Å². The second kappa shape index (κ2) is 7.47. The highest BCUT2D eigenvalue weighted by atomic mass is 79.9. The number of hydrogen-bond acceptors (Lipinski definition) is 4. The molecule has 0 aromatic heterocycles. The molecule has 0 heterocycles. The molecule has 1 fully saturated rings. The molecule has 1 saturated carbocycles. The molecule has 2 unspecified atom stereocenters. The zero-order valence-electron chi connectivity index (χ0n) is 12.9. The van der Waals surface area contributed by atoms with Crippen molar-refractivity contribution in [2.75, 3.05) is 6.61 Å². The van der Waals surface area contributed by atoms with Crippen molar-refractivity contribution in [3.63, 3.8) is 0 Å². The van der Waals surface area contributed by atoms with Gasteiger partial charge in [0.15, 0.2) is 11.5 Å². The first-order valence-electron chi connectivity index (χ1n) is 7.54. The van der Waals surface area contributed by atoms with Gasteiger partial charge in [0.05, 0.1) is 17.2 Å². The van der Waals surface area contributed by atoms with Crippen molar-refractivity contribution in [3.8, 4) is 11.5 Å². The van der Waals surface area contributed by atoms with Gasteiger partial charge in [-0.3, -0.25) is 0 Å². The van der Waals surface area contributed by atoms with E-state index in [4.69, 9.17) is 9.47 Å². The maximum absolute atomic E-state index is 9.61. The lowest BCUT2D eigenvalue weighted by Crippen LogP contribution is -2.26. The van der Waals surface area contributed by atoms with Gasteiger partial charge in [-0.15, -0.1) is 0 Å². The molecule has 1 aliphatic rings. The first kappa shape index (κ1) is 16.6. The second-order valence-corrected chi connectivity index (χ2v) is 6.41. The Morgan fingerprint density at radius 3 is 2.67 bits per heavy atom. The third-order valence-corrected chi connectivity index (χ3v) is 4.11. The summed E-state index contributed by atoms with van der Waals surface area (Å²) in [6.45, 7) is 6.91. The molecule has 2 N–H and O–H groups in total. The van der Waals surface area contributed by atoms with E-state index in [9.17, 15) is 5.11 Å². The van der Waals surface area contributed by atoms with E-state index < -0.39 is 6.10 Å². The van der Waals surface area contributed by atoms with E-state index in [1.54, 1.807) is 6.92 Å². The summed E-state index contributed by atoms with van der Waals surface area (Å²) in [4.78, 5) is 0. The Bertz CT molecular complexity index is 475. The molecule has 21 heavy (non-hydrogen) atoms. The Labute approximate surface area is 135 Å². The fourth-order valence-electron chi connectivity index (χ4n) is 1.93. The van der Waals surface area contributed by atoms with Crippen molar-refractivity contribution in [1.29, 1.82) is 0 Å². The molecule has 5 heteroatoms. The van der Waals surface area contributed by atoms with Crippen molar-refractivity contribution in [2.45, 2.75) is 58.4 Å². The molecule has 0 aliphatic heterocycles. The predicted molar refractivity (Wildman–Crippen MR) is 86.9 cm³/mol. The number of benzene rings is 1. The van der Waals surface area contributed by atoms with E-state index in [-0.39, 0.29) is 6.10 Å². The summed E-state index contributed by atoms with van der Waals surface area (Å²) in [6, 6.07) is 4.72. The van der Waals surface area contributed by atoms with Crippen LogP contribution in [0.2, 0.25) is 0 Å². The van der Waals surface area contributed by atoms with Crippen molar-refractivity contribution in [2.24, 2.45) is 0 Å². The third-order valence-electron chi connectivity index (χ3n) is 3.52. The summed E-state index contributed by atoms with van der Waals surface area (Å²) in [7, 11) is 0. The molecular weight excluding hydrogens is 334 g/mol. The number of halogens is 1. The van der Waals surface area contributed by atoms with Gasteiger partial charge >= 0.3 is 0 Å². The Morgan fingerprint density at radius 1 is 1.38 bits per heavy atom. The molecule has 1 aromatic rings.